The minimum Gasteiger partial charge on any atom is -0.356 e. The first kappa shape index (κ1) is 14.6. The van der Waals surface area contributed by atoms with E-state index in [1.165, 1.54) is 0 Å². The zero-order valence-electron chi connectivity index (χ0n) is 12.3. The molecule has 0 aromatic heterocycles. The second-order valence-electron chi connectivity index (χ2n) is 5.83. The summed E-state index contributed by atoms with van der Waals surface area (Å²) >= 11 is 0. The maximum absolute atomic E-state index is 12.1. The molecule has 1 aliphatic heterocycles. The van der Waals surface area contributed by atoms with Gasteiger partial charge in [0.25, 0.3) is 0 Å². The summed E-state index contributed by atoms with van der Waals surface area (Å²) in [5.41, 5.74) is 1.97. The maximum atomic E-state index is 12.1. The molecule has 108 valence electrons. The van der Waals surface area contributed by atoms with Crippen LogP contribution in [-0.4, -0.2) is 24.9 Å². The Morgan fingerprint density at radius 2 is 2.10 bits per heavy atom. The van der Waals surface area contributed by atoms with Crippen LogP contribution in [0.3, 0.4) is 0 Å². The molecule has 0 radical (unpaired) electrons. The van der Waals surface area contributed by atoms with E-state index in [0.29, 0.717) is 25.4 Å². The number of nitrogens with zero attached hydrogens (tertiary/aromatic N) is 1. The molecule has 2 rings (SSSR count). The summed E-state index contributed by atoms with van der Waals surface area (Å²) < 4.78 is 0. The van der Waals surface area contributed by atoms with Gasteiger partial charge in [-0.05, 0) is 24.5 Å². The first-order valence-corrected chi connectivity index (χ1v) is 7.12. The number of aryl methyl sites for hydroxylation is 1. The summed E-state index contributed by atoms with van der Waals surface area (Å²) in [6.07, 6.45) is 0.304. The lowest BCUT2D eigenvalue weighted by Crippen LogP contribution is -2.35. The highest BCUT2D eigenvalue weighted by atomic mass is 16.2. The number of amides is 2. The second kappa shape index (κ2) is 6.07. The lowest BCUT2D eigenvalue weighted by atomic mass is 10.1. The smallest absolute Gasteiger partial charge is 0.227 e. The topological polar surface area (TPSA) is 49.4 Å². The number of anilines is 1. The van der Waals surface area contributed by atoms with Gasteiger partial charge in [-0.15, -0.1) is 0 Å². The second-order valence-corrected chi connectivity index (χ2v) is 5.83. The van der Waals surface area contributed by atoms with E-state index in [1.807, 2.05) is 31.2 Å². The molecule has 1 fully saturated rings. The van der Waals surface area contributed by atoms with E-state index in [0.717, 1.165) is 11.3 Å². The van der Waals surface area contributed by atoms with Gasteiger partial charge in [0, 0.05) is 25.2 Å². The van der Waals surface area contributed by atoms with Crippen molar-refractivity contribution >= 4 is 17.5 Å². The van der Waals surface area contributed by atoms with Gasteiger partial charge in [-0.2, -0.15) is 0 Å². The van der Waals surface area contributed by atoms with Crippen LogP contribution in [0.4, 0.5) is 5.69 Å². The lowest BCUT2D eigenvalue weighted by molar-refractivity contribution is -0.126. The van der Waals surface area contributed by atoms with E-state index in [2.05, 4.69) is 19.2 Å². The van der Waals surface area contributed by atoms with Crippen molar-refractivity contribution in [1.82, 2.24) is 5.32 Å². The highest BCUT2D eigenvalue weighted by Gasteiger charge is 2.35. The lowest BCUT2D eigenvalue weighted by Gasteiger charge is -2.19. The number of para-hydroxylation sites is 1. The van der Waals surface area contributed by atoms with E-state index >= 15 is 0 Å². The monoisotopic (exact) mass is 274 g/mol. The largest absolute Gasteiger partial charge is 0.356 e. The number of nitrogens with one attached hydrogen (secondary N) is 1. The van der Waals surface area contributed by atoms with Crippen LogP contribution < -0.4 is 10.2 Å². The predicted molar refractivity (Wildman–Crippen MR) is 79.5 cm³/mol. The van der Waals surface area contributed by atoms with E-state index in [9.17, 15) is 9.59 Å². The number of rotatable bonds is 4. The van der Waals surface area contributed by atoms with Gasteiger partial charge in [-0.1, -0.05) is 32.0 Å². The Bertz CT molecular complexity index is 511. The van der Waals surface area contributed by atoms with Crippen LogP contribution >= 0.6 is 0 Å². The Kier molecular flexibility index (Phi) is 4.42. The molecule has 20 heavy (non-hydrogen) atoms. The Labute approximate surface area is 120 Å². The van der Waals surface area contributed by atoms with Gasteiger partial charge in [0.1, 0.15) is 0 Å². The molecule has 0 bridgehead atoms. The number of hydrogen-bond acceptors (Lipinski definition) is 2. The quantitative estimate of drug-likeness (QED) is 0.914. The molecule has 0 saturated carbocycles. The number of benzene rings is 1. The SMILES string of the molecule is Cc1ccccc1N1CC(C(=O)NCC(C)C)CC1=O. The summed E-state index contributed by atoms with van der Waals surface area (Å²) in [6.45, 7) is 7.23. The third-order valence-electron chi connectivity index (χ3n) is 3.59. The van der Waals surface area contributed by atoms with Crippen molar-refractivity contribution in [2.45, 2.75) is 27.2 Å². The Morgan fingerprint density at radius 1 is 1.40 bits per heavy atom. The molecule has 1 N–H and O–H groups in total. The van der Waals surface area contributed by atoms with Crippen LogP contribution in [0.15, 0.2) is 24.3 Å². The highest BCUT2D eigenvalue weighted by molar-refractivity contribution is 6.00. The molecule has 1 aromatic rings. The van der Waals surface area contributed by atoms with Crippen LogP contribution in [0, 0.1) is 18.8 Å². The van der Waals surface area contributed by atoms with Crippen molar-refractivity contribution in [3.8, 4) is 0 Å². The maximum Gasteiger partial charge on any atom is 0.227 e. The molecular weight excluding hydrogens is 252 g/mol. The summed E-state index contributed by atoms with van der Waals surface area (Å²) in [5, 5.41) is 2.91. The molecule has 1 heterocycles. The molecule has 1 unspecified atom stereocenters. The predicted octanol–water partition coefficient (Wildman–Crippen LogP) is 2.12. The molecular formula is C16H22N2O2. The van der Waals surface area contributed by atoms with Crippen LogP contribution in [0.2, 0.25) is 0 Å². The number of carbonyl (C=O) groups is 2. The zero-order valence-corrected chi connectivity index (χ0v) is 12.3. The van der Waals surface area contributed by atoms with E-state index in [4.69, 9.17) is 0 Å². The van der Waals surface area contributed by atoms with Crippen molar-refractivity contribution in [2.24, 2.45) is 11.8 Å². The van der Waals surface area contributed by atoms with Gasteiger partial charge < -0.3 is 10.2 Å². The molecule has 1 aromatic carbocycles. The fraction of sp³-hybridized carbons (Fsp3) is 0.500. The molecule has 2 amide bonds. The van der Waals surface area contributed by atoms with Gasteiger partial charge in [0.2, 0.25) is 11.8 Å². The summed E-state index contributed by atoms with van der Waals surface area (Å²) in [5.74, 6) is 0.205. The molecule has 0 aliphatic carbocycles. The van der Waals surface area contributed by atoms with Crippen molar-refractivity contribution in [3.05, 3.63) is 29.8 Å². The average molecular weight is 274 g/mol. The molecule has 1 aliphatic rings. The normalized spacial score (nSPS) is 18.7. The van der Waals surface area contributed by atoms with Crippen molar-refractivity contribution < 1.29 is 9.59 Å². The Hall–Kier alpha value is -1.84. The first-order chi connectivity index (χ1) is 9.49. The third kappa shape index (κ3) is 3.18. The summed E-state index contributed by atoms with van der Waals surface area (Å²) in [6, 6.07) is 7.78. The number of hydrogen-bond donors (Lipinski definition) is 1. The van der Waals surface area contributed by atoms with Crippen molar-refractivity contribution in [2.75, 3.05) is 18.0 Å². The van der Waals surface area contributed by atoms with Gasteiger partial charge in [0.15, 0.2) is 0 Å². The average Bonchev–Trinajstić information content (AvgIpc) is 2.78. The first-order valence-electron chi connectivity index (χ1n) is 7.12. The standard InChI is InChI=1S/C16H22N2O2/c1-11(2)9-17-16(20)13-8-15(19)18(10-13)14-7-5-4-6-12(14)3/h4-7,11,13H,8-10H2,1-3H3,(H,17,20). The molecule has 1 atom stereocenters. The highest BCUT2D eigenvalue weighted by Crippen LogP contribution is 2.27. The molecule has 1 saturated heterocycles. The Morgan fingerprint density at radius 3 is 2.75 bits per heavy atom. The minimum atomic E-state index is -0.235. The van der Waals surface area contributed by atoms with E-state index < -0.39 is 0 Å². The number of carbonyl (C=O) groups excluding carboxylic acids is 2. The molecule has 4 heteroatoms. The third-order valence-corrected chi connectivity index (χ3v) is 3.59. The van der Waals surface area contributed by atoms with E-state index in [-0.39, 0.29) is 17.7 Å². The van der Waals surface area contributed by atoms with Crippen LogP contribution in [0.1, 0.15) is 25.8 Å². The van der Waals surface area contributed by atoms with Crippen LogP contribution in [0.25, 0.3) is 0 Å². The Balaban J connectivity index is 2.04. The van der Waals surface area contributed by atoms with Crippen molar-refractivity contribution in [3.63, 3.8) is 0 Å². The van der Waals surface area contributed by atoms with Gasteiger partial charge in [-0.3, -0.25) is 9.59 Å². The van der Waals surface area contributed by atoms with Gasteiger partial charge >= 0.3 is 0 Å². The minimum absolute atomic E-state index is 0.0110. The fourth-order valence-corrected chi connectivity index (χ4v) is 2.43. The summed E-state index contributed by atoms with van der Waals surface area (Å²) in [4.78, 5) is 25.9. The fourth-order valence-electron chi connectivity index (χ4n) is 2.43. The molecule has 0 spiro atoms. The van der Waals surface area contributed by atoms with Gasteiger partial charge in [0.05, 0.1) is 5.92 Å². The summed E-state index contributed by atoms with van der Waals surface area (Å²) in [7, 11) is 0. The zero-order chi connectivity index (χ0) is 14.7. The van der Waals surface area contributed by atoms with Crippen molar-refractivity contribution in [1.29, 1.82) is 0 Å². The van der Waals surface area contributed by atoms with E-state index in [1.54, 1.807) is 4.90 Å². The van der Waals surface area contributed by atoms with Gasteiger partial charge in [-0.25, -0.2) is 0 Å². The van der Waals surface area contributed by atoms with Crippen LogP contribution in [-0.2, 0) is 9.59 Å². The molecule has 4 nitrogen and oxygen atoms in total. The van der Waals surface area contributed by atoms with Crippen LogP contribution in [0.5, 0.6) is 0 Å².